The van der Waals surface area contributed by atoms with Crippen LogP contribution in [0.15, 0.2) is 11.6 Å². The summed E-state index contributed by atoms with van der Waals surface area (Å²) in [5.41, 5.74) is 1.63. The lowest BCUT2D eigenvalue weighted by atomic mass is 10.0. The van der Waals surface area contributed by atoms with Crippen LogP contribution < -0.4 is 0 Å². The smallest absolute Gasteiger partial charge is 0.0280 e. The number of likely N-dealkylation sites (N-methyl/N-ethyl adjacent to an activating group) is 1. The van der Waals surface area contributed by atoms with E-state index in [4.69, 9.17) is 0 Å². The van der Waals surface area contributed by atoms with Gasteiger partial charge in [0.25, 0.3) is 0 Å². The van der Waals surface area contributed by atoms with Crippen LogP contribution in [0.25, 0.3) is 0 Å². The molecule has 0 aliphatic rings. The van der Waals surface area contributed by atoms with Gasteiger partial charge in [-0.25, -0.2) is 0 Å². The number of hydrogen-bond acceptors (Lipinski definition) is 1. The molecule has 0 aromatic heterocycles. The molecular formula is C19H39N. The second-order valence-corrected chi connectivity index (χ2v) is 5.88. The molecule has 0 saturated carbocycles. The van der Waals surface area contributed by atoms with Gasteiger partial charge in [-0.1, -0.05) is 84.8 Å². The van der Waals surface area contributed by atoms with Crippen LogP contribution in [0, 0.1) is 0 Å². The zero-order valence-electron chi connectivity index (χ0n) is 14.9. The van der Waals surface area contributed by atoms with E-state index >= 15 is 0 Å². The van der Waals surface area contributed by atoms with E-state index in [1.165, 1.54) is 70.9 Å². The Hall–Kier alpha value is -0.300. The first-order valence-electron chi connectivity index (χ1n) is 9.16. The monoisotopic (exact) mass is 281 g/mol. The molecule has 0 rings (SSSR count). The molecule has 0 amide bonds. The fourth-order valence-electron chi connectivity index (χ4n) is 2.96. The lowest BCUT2D eigenvalue weighted by Crippen LogP contribution is -2.33. The molecule has 0 aliphatic carbocycles. The number of nitrogens with zero attached hydrogens (tertiary/aromatic N) is 1. The summed E-state index contributed by atoms with van der Waals surface area (Å²) >= 11 is 0. The normalized spacial score (nSPS) is 12.7. The standard InChI is InChI=1S/C19H39N/c1-6-11-12-13-14-15-16-19(20(9-4)10-5)17-18(7-2)8-3/h17,19H,6-16H2,1-5H3. The van der Waals surface area contributed by atoms with Crippen molar-refractivity contribution in [1.29, 1.82) is 0 Å². The van der Waals surface area contributed by atoms with Gasteiger partial charge in [0.15, 0.2) is 0 Å². The van der Waals surface area contributed by atoms with Crippen molar-refractivity contribution in [3.8, 4) is 0 Å². The Morgan fingerprint density at radius 2 is 1.35 bits per heavy atom. The van der Waals surface area contributed by atoms with Crippen LogP contribution in [0.4, 0.5) is 0 Å². The molecule has 0 heterocycles. The highest BCUT2D eigenvalue weighted by Gasteiger charge is 2.13. The highest BCUT2D eigenvalue weighted by Crippen LogP contribution is 2.17. The molecule has 0 saturated heterocycles. The molecule has 20 heavy (non-hydrogen) atoms. The van der Waals surface area contributed by atoms with E-state index < -0.39 is 0 Å². The van der Waals surface area contributed by atoms with Gasteiger partial charge in [-0.05, 0) is 32.4 Å². The minimum atomic E-state index is 0.672. The van der Waals surface area contributed by atoms with Gasteiger partial charge >= 0.3 is 0 Å². The van der Waals surface area contributed by atoms with Crippen molar-refractivity contribution in [3.63, 3.8) is 0 Å². The summed E-state index contributed by atoms with van der Waals surface area (Å²) in [7, 11) is 0. The Kier molecular flexibility index (Phi) is 13.5. The van der Waals surface area contributed by atoms with Crippen molar-refractivity contribution < 1.29 is 0 Å². The highest BCUT2D eigenvalue weighted by atomic mass is 15.1. The summed E-state index contributed by atoms with van der Waals surface area (Å²) in [6.07, 6.45) is 14.8. The van der Waals surface area contributed by atoms with Crippen molar-refractivity contribution in [1.82, 2.24) is 4.90 Å². The first-order valence-corrected chi connectivity index (χ1v) is 9.16. The van der Waals surface area contributed by atoms with Crippen molar-refractivity contribution in [3.05, 3.63) is 11.6 Å². The number of unbranched alkanes of at least 4 members (excludes halogenated alkanes) is 5. The second kappa shape index (κ2) is 13.7. The molecule has 0 aromatic rings. The van der Waals surface area contributed by atoms with E-state index in [-0.39, 0.29) is 0 Å². The van der Waals surface area contributed by atoms with E-state index in [0.29, 0.717) is 6.04 Å². The lowest BCUT2D eigenvalue weighted by molar-refractivity contribution is 0.238. The molecule has 1 atom stereocenters. The number of allylic oxidation sites excluding steroid dienone is 1. The van der Waals surface area contributed by atoms with Crippen molar-refractivity contribution in [2.75, 3.05) is 13.1 Å². The molecule has 1 unspecified atom stereocenters. The summed E-state index contributed by atoms with van der Waals surface area (Å²) in [6.45, 7) is 13.8. The van der Waals surface area contributed by atoms with E-state index in [1.54, 1.807) is 5.57 Å². The SMILES string of the molecule is CCCCCCCCC(C=C(CC)CC)N(CC)CC. The molecule has 0 N–H and O–H groups in total. The topological polar surface area (TPSA) is 3.24 Å². The molecule has 0 radical (unpaired) electrons. The third-order valence-corrected chi connectivity index (χ3v) is 4.47. The Bertz CT molecular complexity index is 222. The van der Waals surface area contributed by atoms with Crippen molar-refractivity contribution in [2.45, 2.75) is 98.4 Å². The molecule has 0 aromatic carbocycles. The second-order valence-electron chi connectivity index (χ2n) is 5.88. The van der Waals surface area contributed by atoms with E-state index in [1.807, 2.05) is 0 Å². The first-order chi connectivity index (χ1) is 9.73. The molecule has 0 spiro atoms. The zero-order valence-corrected chi connectivity index (χ0v) is 14.9. The Labute approximate surface area is 128 Å². The van der Waals surface area contributed by atoms with E-state index in [2.05, 4.69) is 45.6 Å². The number of rotatable bonds is 13. The maximum Gasteiger partial charge on any atom is 0.0280 e. The van der Waals surface area contributed by atoms with Crippen LogP contribution in [-0.4, -0.2) is 24.0 Å². The zero-order chi connectivity index (χ0) is 15.2. The molecule has 120 valence electrons. The maximum atomic E-state index is 2.62. The average molecular weight is 282 g/mol. The molecule has 0 aliphatic heterocycles. The summed E-state index contributed by atoms with van der Waals surface area (Å²) in [4.78, 5) is 2.62. The lowest BCUT2D eigenvalue weighted by Gasteiger charge is -2.28. The van der Waals surface area contributed by atoms with E-state index in [0.717, 1.165) is 0 Å². The van der Waals surface area contributed by atoms with Gasteiger partial charge in [0.2, 0.25) is 0 Å². The van der Waals surface area contributed by atoms with E-state index in [9.17, 15) is 0 Å². The predicted molar refractivity (Wildman–Crippen MR) is 93.4 cm³/mol. The fourth-order valence-corrected chi connectivity index (χ4v) is 2.96. The van der Waals surface area contributed by atoms with Gasteiger partial charge in [-0.2, -0.15) is 0 Å². The van der Waals surface area contributed by atoms with Crippen LogP contribution in [-0.2, 0) is 0 Å². The van der Waals surface area contributed by atoms with Gasteiger partial charge in [0.1, 0.15) is 0 Å². The van der Waals surface area contributed by atoms with Crippen molar-refractivity contribution in [2.24, 2.45) is 0 Å². The van der Waals surface area contributed by atoms with Crippen LogP contribution in [0.3, 0.4) is 0 Å². The van der Waals surface area contributed by atoms with Crippen LogP contribution in [0.5, 0.6) is 0 Å². The summed E-state index contributed by atoms with van der Waals surface area (Å²) in [6, 6.07) is 0.672. The van der Waals surface area contributed by atoms with Crippen LogP contribution in [0.2, 0.25) is 0 Å². The number of hydrogen-bond donors (Lipinski definition) is 0. The Balaban J connectivity index is 4.28. The largest absolute Gasteiger partial charge is 0.297 e. The summed E-state index contributed by atoms with van der Waals surface area (Å²) in [5, 5.41) is 0. The van der Waals surface area contributed by atoms with Gasteiger partial charge in [-0.3, -0.25) is 4.90 Å². The third-order valence-electron chi connectivity index (χ3n) is 4.47. The third kappa shape index (κ3) is 8.79. The minimum Gasteiger partial charge on any atom is -0.297 e. The molecule has 1 heteroatoms. The minimum absolute atomic E-state index is 0.672. The van der Waals surface area contributed by atoms with Gasteiger partial charge < -0.3 is 0 Å². The summed E-state index contributed by atoms with van der Waals surface area (Å²) in [5.74, 6) is 0. The quantitative estimate of drug-likeness (QED) is 0.287. The maximum absolute atomic E-state index is 2.62. The highest BCUT2D eigenvalue weighted by molar-refractivity contribution is 5.06. The fraction of sp³-hybridized carbons (Fsp3) is 0.895. The van der Waals surface area contributed by atoms with Gasteiger partial charge in [0.05, 0.1) is 0 Å². The Morgan fingerprint density at radius 3 is 1.85 bits per heavy atom. The molecule has 0 fully saturated rings. The van der Waals surface area contributed by atoms with Crippen LogP contribution in [0.1, 0.15) is 92.4 Å². The van der Waals surface area contributed by atoms with Crippen LogP contribution >= 0.6 is 0 Å². The predicted octanol–water partition coefficient (Wildman–Crippen LogP) is 6.19. The molecule has 0 bridgehead atoms. The Morgan fingerprint density at radius 1 is 0.800 bits per heavy atom. The van der Waals surface area contributed by atoms with Gasteiger partial charge in [-0.15, -0.1) is 0 Å². The first kappa shape index (κ1) is 19.7. The average Bonchev–Trinajstić information content (AvgIpc) is 2.48. The molecule has 1 nitrogen and oxygen atoms in total. The molecular weight excluding hydrogens is 242 g/mol. The summed E-state index contributed by atoms with van der Waals surface area (Å²) < 4.78 is 0. The van der Waals surface area contributed by atoms with Gasteiger partial charge in [0, 0.05) is 6.04 Å². The van der Waals surface area contributed by atoms with Crippen molar-refractivity contribution >= 4 is 0 Å².